The predicted molar refractivity (Wildman–Crippen MR) is 63.9 cm³/mol. The molecule has 0 spiro atoms. The smallest absolute Gasteiger partial charge is 0.305 e. The number of aliphatic carboxylic acids is 1. The fourth-order valence-electron chi connectivity index (χ4n) is 1.89. The van der Waals surface area contributed by atoms with E-state index in [2.05, 4.69) is 0 Å². The number of aryl methyl sites for hydroxylation is 2. The van der Waals surface area contributed by atoms with Crippen molar-refractivity contribution in [3.63, 3.8) is 0 Å². The quantitative estimate of drug-likeness (QED) is 0.892. The summed E-state index contributed by atoms with van der Waals surface area (Å²) in [7, 11) is 0. The van der Waals surface area contributed by atoms with Crippen molar-refractivity contribution in [3.8, 4) is 0 Å². The molecule has 0 aliphatic carbocycles. The molecule has 0 atom stereocenters. The van der Waals surface area contributed by atoms with E-state index in [1.54, 1.807) is 0 Å². The van der Waals surface area contributed by atoms with Gasteiger partial charge in [0.05, 0.1) is 17.0 Å². The standard InChI is InChI=1S/C12H12ClNO2/c1-8-7-14(6-5-11(15)16)12-9(8)3-2-4-10(12)13/h2-4,7H,5-6H2,1H3,(H,15,16). The lowest BCUT2D eigenvalue weighted by atomic mass is 10.2. The molecule has 1 aromatic heterocycles. The number of rotatable bonds is 3. The largest absolute Gasteiger partial charge is 0.481 e. The third kappa shape index (κ3) is 1.91. The summed E-state index contributed by atoms with van der Waals surface area (Å²) in [6.45, 7) is 2.44. The van der Waals surface area contributed by atoms with Gasteiger partial charge in [0, 0.05) is 18.1 Å². The molecule has 0 aliphatic heterocycles. The second-order valence-electron chi connectivity index (χ2n) is 3.79. The van der Waals surface area contributed by atoms with Crippen molar-refractivity contribution in [2.24, 2.45) is 0 Å². The van der Waals surface area contributed by atoms with Crippen molar-refractivity contribution in [2.75, 3.05) is 0 Å². The van der Waals surface area contributed by atoms with Crippen molar-refractivity contribution in [1.29, 1.82) is 0 Å². The number of halogens is 1. The monoisotopic (exact) mass is 237 g/mol. The topological polar surface area (TPSA) is 42.2 Å². The van der Waals surface area contributed by atoms with Gasteiger partial charge in [0.1, 0.15) is 0 Å². The molecule has 0 bridgehead atoms. The summed E-state index contributed by atoms with van der Waals surface area (Å²) in [4.78, 5) is 10.6. The second kappa shape index (κ2) is 4.18. The Hall–Kier alpha value is -1.48. The molecule has 2 aromatic rings. The molecule has 0 radical (unpaired) electrons. The number of carbonyl (C=O) groups is 1. The van der Waals surface area contributed by atoms with Crippen molar-refractivity contribution >= 4 is 28.5 Å². The predicted octanol–water partition coefficient (Wildman–Crippen LogP) is 3.08. The van der Waals surface area contributed by atoms with Crippen LogP contribution >= 0.6 is 11.6 Å². The summed E-state index contributed by atoms with van der Waals surface area (Å²) < 4.78 is 1.90. The SMILES string of the molecule is Cc1cn(CCC(=O)O)c2c(Cl)cccc12. The molecule has 0 aliphatic rings. The molecular weight excluding hydrogens is 226 g/mol. The number of aromatic nitrogens is 1. The van der Waals surface area contributed by atoms with Gasteiger partial charge in [-0.15, -0.1) is 0 Å². The van der Waals surface area contributed by atoms with Crippen LogP contribution in [-0.4, -0.2) is 15.6 Å². The van der Waals surface area contributed by atoms with Crippen LogP contribution in [0.25, 0.3) is 10.9 Å². The van der Waals surface area contributed by atoms with Gasteiger partial charge in [-0.3, -0.25) is 4.79 Å². The van der Waals surface area contributed by atoms with Crippen LogP contribution in [0.15, 0.2) is 24.4 Å². The summed E-state index contributed by atoms with van der Waals surface area (Å²) in [5.74, 6) is -0.799. The van der Waals surface area contributed by atoms with E-state index in [0.717, 1.165) is 16.5 Å². The molecule has 2 rings (SSSR count). The van der Waals surface area contributed by atoms with E-state index in [4.69, 9.17) is 16.7 Å². The van der Waals surface area contributed by atoms with Gasteiger partial charge >= 0.3 is 5.97 Å². The molecule has 1 aromatic carbocycles. The zero-order chi connectivity index (χ0) is 11.7. The highest BCUT2D eigenvalue weighted by molar-refractivity contribution is 6.35. The van der Waals surface area contributed by atoms with Crippen LogP contribution in [-0.2, 0) is 11.3 Å². The van der Waals surface area contributed by atoms with E-state index in [0.29, 0.717) is 11.6 Å². The van der Waals surface area contributed by atoms with Gasteiger partial charge in [0.2, 0.25) is 0 Å². The number of para-hydroxylation sites is 1. The number of hydrogen-bond acceptors (Lipinski definition) is 1. The summed E-state index contributed by atoms with van der Waals surface area (Å²) in [6, 6.07) is 5.72. The summed E-state index contributed by atoms with van der Waals surface area (Å²) in [6.07, 6.45) is 2.05. The Morgan fingerprint density at radius 3 is 2.94 bits per heavy atom. The molecule has 4 heteroatoms. The maximum absolute atomic E-state index is 10.6. The molecule has 0 saturated heterocycles. The number of hydrogen-bond donors (Lipinski definition) is 1. The van der Waals surface area contributed by atoms with Crippen molar-refractivity contribution < 1.29 is 9.90 Å². The average molecular weight is 238 g/mol. The molecular formula is C12H12ClNO2. The van der Waals surface area contributed by atoms with E-state index >= 15 is 0 Å². The average Bonchev–Trinajstić information content (AvgIpc) is 2.55. The van der Waals surface area contributed by atoms with Crippen LogP contribution in [0, 0.1) is 6.92 Å². The highest BCUT2D eigenvalue weighted by atomic mass is 35.5. The summed E-state index contributed by atoms with van der Waals surface area (Å²) in [5.41, 5.74) is 2.03. The van der Waals surface area contributed by atoms with Gasteiger partial charge in [-0.2, -0.15) is 0 Å². The molecule has 1 heterocycles. The number of fused-ring (bicyclic) bond motifs is 1. The lowest BCUT2D eigenvalue weighted by Gasteiger charge is -2.04. The Bertz CT molecular complexity index is 545. The maximum Gasteiger partial charge on any atom is 0.305 e. The van der Waals surface area contributed by atoms with Crippen LogP contribution < -0.4 is 0 Å². The van der Waals surface area contributed by atoms with Crippen molar-refractivity contribution in [2.45, 2.75) is 19.9 Å². The minimum Gasteiger partial charge on any atom is -0.481 e. The molecule has 0 fully saturated rings. The summed E-state index contributed by atoms with van der Waals surface area (Å²) >= 11 is 6.12. The van der Waals surface area contributed by atoms with Gasteiger partial charge in [0.15, 0.2) is 0 Å². The van der Waals surface area contributed by atoms with Crippen LogP contribution in [0.3, 0.4) is 0 Å². The Morgan fingerprint density at radius 1 is 1.50 bits per heavy atom. The van der Waals surface area contributed by atoms with E-state index in [-0.39, 0.29) is 6.42 Å². The lowest BCUT2D eigenvalue weighted by molar-refractivity contribution is -0.137. The maximum atomic E-state index is 10.6. The zero-order valence-corrected chi connectivity index (χ0v) is 9.66. The second-order valence-corrected chi connectivity index (χ2v) is 4.19. The highest BCUT2D eigenvalue weighted by Gasteiger charge is 2.09. The van der Waals surface area contributed by atoms with Gasteiger partial charge in [-0.25, -0.2) is 0 Å². The number of carboxylic acids is 1. The zero-order valence-electron chi connectivity index (χ0n) is 8.90. The van der Waals surface area contributed by atoms with Gasteiger partial charge in [-0.1, -0.05) is 23.7 Å². The van der Waals surface area contributed by atoms with Crippen molar-refractivity contribution in [3.05, 3.63) is 35.0 Å². The molecule has 0 saturated carbocycles. The van der Waals surface area contributed by atoms with Crippen LogP contribution in [0.2, 0.25) is 5.02 Å². The van der Waals surface area contributed by atoms with Gasteiger partial charge < -0.3 is 9.67 Å². The normalized spacial score (nSPS) is 10.9. The number of nitrogens with zero attached hydrogens (tertiary/aromatic N) is 1. The third-order valence-electron chi connectivity index (χ3n) is 2.61. The lowest BCUT2D eigenvalue weighted by Crippen LogP contribution is -2.03. The first kappa shape index (κ1) is 11.0. The van der Waals surface area contributed by atoms with E-state index in [9.17, 15) is 4.79 Å². The van der Waals surface area contributed by atoms with E-state index in [1.807, 2.05) is 35.9 Å². The van der Waals surface area contributed by atoms with Crippen LogP contribution in [0.5, 0.6) is 0 Å². The van der Waals surface area contributed by atoms with E-state index < -0.39 is 5.97 Å². The molecule has 16 heavy (non-hydrogen) atoms. The minimum absolute atomic E-state index is 0.106. The first-order valence-electron chi connectivity index (χ1n) is 5.05. The Balaban J connectivity index is 2.49. The van der Waals surface area contributed by atoms with Crippen LogP contribution in [0.4, 0.5) is 0 Å². The Morgan fingerprint density at radius 2 is 2.25 bits per heavy atom. The number of benzene rings is 1. The minimum atomic E-state index is -0.799. The number of carboxylic acid groups (broad SMARTS) is 1. The van der Waals surface area contributed by atoms with Gasteiger partial charge in [-0.05, 0) is 18.6 Å². The highest BCUT2D eigenvalue weighted by Crippen LogP contribution is 2.27. The van der Waals surface area contributed by atoms with Gasteiger partial charge in [0.25, 0.3) is 0 Å². The van der Waals surface area contributed by atoms with Crippen LogP contribution in [0.1, 0.15) is 12.0 Å². The van der Waals surface area contributed by atoms with Crippen molar-refractivity contribution in [1.82, 2.24) is 4.57 Å². The molecule has 84 valence electrons. The first-order chi connectivity index (χ1) is 7.59. The fourth-order valence-corrected chi connectivity index (χ4v) is 2.17. The fraction of sp³-hybridized carbons (Fsp3) is 0.250. The third-order valence-corrected chi connectivity index (χ3v) is 2.92. The molecule has 3 nitrogen and oxygen atoms in total. The molecule has 1 N–H and O–H groups in total. The Labute approximate surface area is 98.3 Å². The molecule has 0 amide bonds. The Kier molecular flexibility index (Phi) is 2.88. The van der Waals surface area contributed by atoms with E-state index in [1.165, 1.54) is 0 Å². The molecule has 0 unspecified atom stereocenters. The first-order valence-corrected chi connectivity index (χ1v) is 5.43. The summed E-state index contributed by atoms with van der Waals surface area (Å²) in [5, 5.41) is 10.4.